The second-order valence-corrected chi connectivity index (χ2v) is 4.43. The van der Waals surface area contributed by atoms with E-state index in [9.17, 15) is 5.11 Å². The molecule has 0 aromatic heterocycles. The molecule has 0 amide bonds. The molecule has 0 heterocycles. The number of ether oxygens (including phenoxy) is 1. The lowest BCUT2D eigenvalue weighted by atomic mass is 10.0. The number of rotatable bonds is 3. The van der Waals surface area contributed by atoms with Crippen molar-refractivity contribution in [2.75, 3.05) is 0 Å². The van der Waals surface area contributed by atoms with Crippen LogP contribution in [0.3, 0.4) is 0 Å². The number of para-hydroxylation sites is 1. The summed E-state index contributed by atoms with van der Waals surface area (Å²) < 4.78 is 5.88. The van der Waals surface area contributed by atoms with Crippen molar-refractivity contribution in [3.05, 3.63) is 78.9 Å². The van der Waals surface area contributed by atoms with E-state index in [-0.39, 0.29) is 5.75 Å². The van der Waals surface area contributed by atoms with Crippen LogP contribution in [0.25, 0.3) is 11.1 Å². The molecule has 0 saturated heterocycles. The largest absolute Gasteiger partial charge is 0.507 e. The van der Waals surface area contributed by atoms with E-state index < -0.39 is 0 Å². The second kappa shape index (κ2) is 5.49. The number of hydrogen-bond acceptors (Lipinski definition) is 2. The molecule has 2 nitrogen and oxygen atoms in total. The summed E-state index contributed by atoms with van der Waals surface area (Å²) in [5.41, 5.74) is 1.63. The highest BCUT2D eigenvalue weighted by atomic mass is 16.5. The standard InChI is InChI=1S/C18H14O2/c19-16-12-7-13-17(20-15-10-5-2-6-11-15)18(16)14-8-3-1-4-9-14/h1-13,19H. The zero-order valence-corrected chi connectivity index (χ0v) is 10.9. The van der Waals surface area contributed by atoms with Gasteiger partial charge < -0.3 is 9.84 Å². The lowest BCUT2D eigenvalue weighted by Gasteiger charge is -2.12. The Labute approximate surface area is 117 Å². The monoisotopic (exact) mass is 262 g/mol. The van der Waals surface area contributed by atoms with Gasteiger partial charge in [-0.05, 0) is 29.8 Å². The molecule has 98 valence electrons. The average Bonchev–Trinajstić information content (AvgIpc) is 2.49. The lowest BCUT2D eigenvalue weighted by molar-refractivity contribution is 0.458. The van der Waals surface area contributed by atoms with Gasteiger partial charge in [-0.3, -0.25) is 0 Å². The zero-order chi connectivity index (χ0) is 13.8. The van der Waals surface area contributed by atoms with Gasteiger partial charge in [0, 0.05) is 0 Å². The zero-order valence-electron chi connectivity index (χ0n) is 10.9. The van der Waals surface area contributed by atoms with Gasteiger partial charge in [-0.1, -0.05) is 54.6 Å². The van der Waals surface area contributed by atoms with Crippen molar-refractivity contribution in [3.8, 4) is 28.4 Å². The van der Waals surface area contributed by atoms with Crippen LogP contribution in [0.5, 0.6) is 17.2 Å². The summed E-state index contributed by atoms with van der Waals surface area (Å²) in [6.07, 6.45) is 0. The van der Waals surface area contributed by atoms with Crippen molar-refractivity contribution in [3.63, 3.8) is 0 Å². The van der Waals surface area contributed by atoms with Gasteiger partial charge in [0.05, 0.1) is 5.56 Å². The summed E-state index contributed by atoms with van der Waals surface area (Å²) in [6.45, 7) is 0. The molecule has 3 aromatic rings. The van der Waals surface area contributed by atoms with Gasteiger partial charge in [-0.15, -0.1) is 0 Å². The van der Waals surface area contributed by atoms with Crippen LogP contribution in [0.2, 0.25) is 0 Å². The topological polar surface area (TPSA) is 29.5 Å². The van der Waals surface area contributed by atoms with Crippen LogP contribution in [-0.2, 0) is 0 Å². The Morgan fingerprint density at radius 2 is 1.30 bits per heavy atom. The summed E-state index contributed by atoms with van der Waals surface area (Å²) >= 11 is 0. The summed E-state index contributed by atoms with van der Waals surface area (Å²) in [5, 5.41) is 10.1. The predicted molar refractivity (Wildman–Crippen MR) is 80.1 cm³/mol. The van der Waals surface area contributed by atoms with Crippen molar-refractivity contribution >= 4 is 0 Å². The molecule has 3 aromatic carbocycles. The van der Waals surface area contributed by atoms with Crippen molar-refractivity contribution in [1.82, 2.24) is 0 Å². The molecule has 3 rings (SSSR count). The molecule has 0 aliphatic carbocycles. The first-order chi connectivity index (χ1) is 9.84. The minimum absolute atomic E-state index is 0.213. The Hall–Kier alpha value is -2.74. The van der Waals surface area contributed by atoms with E-state index in [0.29, 0.717) is 11.3 Å². The first kappa shape index (κ1) is 12.3. The molecular weight excluding hydrogens is 248 g/mol. The average molecular weight is 262 g/mol. The summed E-state index contributed by atoms with van der Waals surface area (Å²) in [5.74, 6) is 1.60. The van der Waals surface area contributed by atoms with Crippen LogP contribution in [0.1, 0.15) is 0 Å². The van der Waals surface area contributed by atoms with Crippen LogP contribution >= 0.6 is 0 Å². The smallest absolute Gasteiger partial charge is 0.138 e. The fourth-order valence-electron chi connectivity index (χ4n) is 2.12. The maximum Gasteiger partial charge on any atom is 0.138 e. The number of phenols is 1. The highest BCUT2D eigenvalue weighted by molar-refractivity contribution is 5.76. The molecular formula is C18H14O2. The summed E-state index contributed by atoms with van der Waals surface area (Å²) in [6, 6.07) is 24.6. The Bertz CT molecular complexity index is 691. The van der Waals surface area contributed by atoms with Gasteiger partial charge >= 0.3 is 0 Å². The van der Waals surface area contributed by atoms with Crippen LogP contribution in [0.4, 0.5) is 0 Å². The van der Waals surface area contributed by atoms with Crippen LogP contribution in [0.15, 0.2) is 78.9 Å². The van der Waals surface area contributed by atoms with Crippen molar-refractivity contribution in [1.29, 1.82) is 0 Å². The van der Waals surface area contributed by atoms with Gasteiger partial charge in [-0.2, -0.15) is 0 Å². The van der Waals surface area contributed by atoms with Crippen LogP contribution in [-0.4, -0.2) is 5.11 Å². The first-order valence-corrected chi connectivity index (χ1v) is 6.45. The lowest BCUT2D eigenvalue weighted by Crippen LogP contribution is -1.88. The molecule has 0 atom stereocenters. The molecule has 0 fully saturated rings. The third kappa shape index (κ3) is 2.50. The van der Waals surface area contributed by atoms with E-state index in [2.05, 4.69) is 0 Å². The minimum atomic E-state index is 0.213. The molecule has 0 aliphatic heterocycles. The SMILES string of the molecule is Oc1cccc(Oc2ccccc2)c1-c1ccccc1. The van der Waals surface area contributed by atoms with E-state index in [1.807, 2.05) is 66.7 Å². The van der Waals surface area contributed by atoms with E-state index in [4.69, 9.17) is 4.74 Å². The van der Waals surface area contributed by atoms with Gasteiger partial charge in [0.15, 0.2) is 0 Å². The number of aromatic hydroxyl groups is 1. The maximum absolute atomic E-state index is 10.1. The molecule has 20 heavy (non-hydrogen) atoms. The van der Waals surface area contributed by atoms with Gasteiger partial charge in [-0.25, -0.2) is 0 Å². The molecule has 0 radical (unpaired) electrons. The van der Waals surface area contributed by atoms with Gasteiger partial charge in [0.2, 0.25) is 0 Å². The molecule has 0 spiro atoms. The highest BCUT2D eigenvalue weighted by Crippen LogP contribution is 2.39. The van der Waals surface area contributed by atoms with E-state index >= 15 is 0 Å². The molecule has 1 N–H and O–H groups in total. The Balaban J connectivity index is 2.06. The van der Waals surface area contributed by atoms with Crippen molar-refractivity contribution < 1.29 is 9.84 Å². The molecule has 0 unspecified atom stereocenters. The Morgan fingerprint density at radius 3 is 2.00 bits per heavy atom. The van der Waals surface area contributed by atoms with Crippen molar-refractivity contribution in [2.45, 2.75) is 0 Å². The van der Waals surface area contributed by atoms with Crippen LogP contribution in [0, 0.1) is 0 Å². The van der Waals surface area contributed by atoms with E-state index in [1.165, 1.54) is 0 Å². The molecule has 0 saturated carbocycles. The fourth-order valence-corrected chi connectivity index (χ4v) is 2.12. The van der Waals surface area contributed by atoms with E-state index in [1.54, 1.807) is 12.1 Å². The third-order valence-corrected chi connectivity index (χ3v) is 3.04. The summed E-state index contributed by atoms with van der Waals surface area (Å²) in [4.78, 5) is 0. The molecule has 0 aliphatic rings. The first-order valence-electron chi connectivity index (χ1n) is 6.45. The predicted octanol–water partition coefficient (Wildman–Crippen LogP) is 4.85. The van der Waals surface area contributed by atoms with Crippen LogP contribution < -0.4 is 4.74 Å². The van der Waals surface area contributed by atoms with Gasteiger partial charge in [0.1, 0.15) is 17.2 Å². The maximum atomic E-state index is 10.1. The second-order valence-electron chi connectivity index (χ2n) is 4.43. The quantitative estimate of drug-likeness (QED) is 0.731. The van der Waals surface area contributed by atoms with E-state index in [0.717, 1.165) is 11.3 Å². The minimum Gasteiger partial charge on any atom is -0.507 e. The molecule has 2 heteroatoms. The number of benzene rings is 3. The Morgan fingerprint density at radius 1 is 0.650 bits per heavy atom. The fraction of sp³-hybridized carbons (Fsp3) is 0. The van der Waals surface area contributed by atoms with Gasteiger partial charge in [0.25, 0.3) is 0 Å². The van der Waals surface area contributed by atoms with Crippen molar-refractivity contribution in [2.24, 2.45) is 0 Å². The number of hydrogen-bond donors (Lipinski definition) is 1. The number of phenolic OH excluding ortho intramolecular Hbond substituents is 1. The summed E-state index contributed by atoms with van der Waals surface area (Å²) in [7, 11) is 0. The highest BCUT2D eigenvalue weighted by Gasteiger charge is 2.11. The third-order valence-electron chi connectivity index (χ3n) is 3.04. The normalized spacial score (nSPS) is 10.2. The Kier molecular flexibility index (Phi) is 3.38. The molecule has 0 bridgehead atoms.